The minimum atomic E-state index is -0.705. The molecular formula is C12H11FNO4+. The van der Waals surface area contributed by atoms with Crippen LogP contribution in [-0.2, 0) is 4.74 Å². The monoisotopic (exact) mass is 252 g/mol. The highest BCUT2D eigenvalue weighted by Gasteiger charge is 2.22. The van der Waals surface area contributed by atoms with Crippen LogP contribution in [0, 0.1) is 5.82 Å². The topological polar surface area (TPSA) is 59.6 Å². The van der Waals surface area contributed by atoms with Gasteiger partial charge in [-0.3, -0.25) is 5.21 Å². The standard InChI is InChI=1S/C12H11FNO4/c1-17-10-3-4-14(16)9-6-7(13)5-8(11(9)10)12(15)18-2/h3-6,16H,1-2H3/q+1. The first-order valence-corrected chi connectivity index (χ1v) is 5.08. The van der Waals surface area contributed by atoms with E-state index in [9.17, 15) is 14.4 Å². The zero-order valence-electron chi connectivity index (χ0n) is 9.81. The van der Waals surface area contributed by atoms with E-state index in [0.29, 0.717) is 10.5 Å². The Morgan fingerprint density at radius 1 is 1.39 bits per heavy atom. The van der Waals surface area contributed by atoms with Crippen LogP contribution in [0.5, 0.6) is 5.75 Å². The molecule has 94 valence electrons. The fraction of sp³-hybridized carbons (Fsp3) is 0.167. The fourth-order valence-corrected chi connectivity index (χ4v) is 1.78. The summed E-state index contributed by atoms with van der Waals surface area (Å²) in [5.41, 5.74) is 0.113. The second-order valence-corrected chi connectivity index (χ2v) is 3.57. The Morgan fingerprint density at radius 2 is 2.11 bits per heavy atom. The number of methoxy groups -OCH3 is 2. The lowest BCUT2D eigenvalue weighted by Crippen LogP contribution is -2.30. The van der Waals surface area contributed by atoms with Gasteiger partial charge >= 0.3 is 5.97 Å². The van der Waals surface area contributed by atoms with Crippen LogP contribution in [-0.4, -0.2) is 25.4 Å². The first-order valence-electron chi connectivity index (χ1n) is 5.08. The lowest BCUT2D eigenvalue weighted by atomic mass is 10.1. The number of pyridine rings is 1. The average Bonchev–Trinajstić information content (AvgIpc) is 2.38. The molecule has 6 heteroatoms. The Hall–Kier alpha value is -2.37. The summed E-state index contributed by atoms with van der Waals surface area (Å²) in [5.74, 6) is -1.02. The van der Waals surface area contributed by atoms with Crippen molar-refractivity contribution in [3.63, 3.8) is 0 Å². The number of carbonyl (C=O) groups is 1. The van der Waals surface area contributed by atoms with Crippen molar-refractivity contribution >= 4 is 16.9 Å². The summed E-state index contributed by atoms with van der Waals surface area (Å²) in [6.45, 7) is 0. The molecule has 0 atom stereocenters. The number of carbonyl (C=O) groups excluding carboxylic acids is 1. The summed E-state index contributed by atoms with van der Waals surface area (Å²) in [6.07, 6.45) is 1.29. The van der Waals surface area contributed by atoms with Gasteiger partial charge in [0.1, 0.15) is 17.0 Å². The van der Waals surface area contributed by atoms with Crippen LogP contribution in [0.15, 0.2) is 24.4 Å². The zero-order valence-corrected chi connectivity index (χ0v) is 9.81. The van der Waals surface area contributed by atoms with Crippen LogP contribution in [0.25, 0.3) is 10.9 Å². The summed E-state index contributed by atoms with van der Waals surface area (Å²) < 4.78 is 23.8. The van der Waals surface area contributed by atoms with Gasteiger partial charge in [-0.25, -0.2) is 9.18 Å². The molecule has 0 unspecified atom stereocenters. The largest absolute Gasteiger partial charge is 0.496 e. The van der Waals surface area contributed by atoms with Crippen LogP contribution in [0.2, 0.25) is 0 Å². The third-order valence-corrected chi connectivity index (χ3v) is 2.57. The Morgan fingerprint density at radius 3 is 2.72 bits per heavy atom. The summed E-state index contributed by atoms with van der Waals surface area (Å²) in [4.78, 5) is 11.6. The van der Waals surface area contributed by atoms with E-state index in [0.717, 1.165) is 12.1 Å². The third-order valence-electron chi connectivity index (χ3n) is 2.57. The second kappa shape index (κ2) is 4.48. The first-order chi connectivity index (χ1) is 8.58. The molecule has 0 aliphatic carbocycles. The molecule has 0 aliphatic heterocycles. The normalized spacial score (nSPS) is 10.4. The van der Waals surface area contributed by atoms with Crippen molar-refractivity contribution in [3.05, 3.63) is 35.8 Å². The summed E-state index contributed by atoms with van der Waals surface area (Å²) in [6, 6.07) is 3.60. The van der Waals surface area contributed by atoms with Gasteiger partial charge in [0.15, 0.2) is 0 Å². The van der Waals surface area contributed by atoms with E-state index in [1.54, 1.807) is 0 Å². The molecule has 0 radical (unpaired) electrons. The van der Waals surface area contributed by atoms with Crippen LogP contribution in [0.3, 0.4) is 0 Å². The van der Waals surface area contributed by atoms with Crippen molar-refractivity contribution in [1.29, 1.82) is 0 Å². The molecule has 2 rings (SSSR count). The van der Waals surface area contributed by atoms with Crippen LogP contribution >= 0.6 is 0 Å². The smallest absolute Gasteiger partial charge is 0.338 e. The van der Waals surface area contributed by atoms with E-state index in [-0.39, 0.29) is 16.5 Å². The van der Waals surface area contributed by atoms with Gasteiger partial charge in [-0.1, -0.05) is 0 Å². The minimum Gasteiger partial charge on any atom is -0.496 e. The van der Waals surface area contributed by atoms with E-state index in [1.807, 2.05) is 0 Å². The average molecular weight is 252 g/mol. The molecule has 0 saturated heterocycles. The van der Waals surface area contributed by atoms with Crippen molar-refractivity contribution in [3.8, 4) is 5.75 Å². The number of hydrogen-bond donors (Lipinski definition) is 1. The van der Waals surface area contributed by atoms with Gasteiger partial charge in [0.2, 0.25) is 6.20 Å². The number of aromatic nitrogens is 1. The number of fused-ring (bicyclic) bond motifs is 1. The molecular weight excluding hydrogens is 241 g/mol. The summed E-state index contributed by atoms with van der Waals surface area (Å²) >= 11 is 0. The predicted octanol–water partition coefficient (Wildman–Crippen LogP) is 1.30. The maximum absolute atomic E-state index is 13.4. The van der Waals surface area contributed by atoms with Gasteiger partial charge < -0.3 is 9.47 Å². The number of rotatable bonds is 2. The van der Waals surface area contributed by atoms with E-state index in [1.165, 1.54) is 26.5 Å². The Labute approximate surface area is 102 Å². The quantitative estimate of drug-likeness (QED) is 0.497. The molecule has 1 aromatic carbocycles. The Kier molecular flexibility index (Phi) is 3.01. The number of hydrogen-bond acceptors (Lipinski definition) is 4. The maximum Gasteiger partial charge on any atom is 0.338 e. The van der Waals surface area contributed by atoms with Crippen molar-refractivity contribution < 1.29 is 28.6 Å². The molecule has 2 aromatic rings. The van der Waals surface area contributed by atoms with Crippen molar-refractivity contribution in [1.82, 2.24) is 0 Å². The number of nitrogens with zero attached hydrogens (tertiary/aromatic N) is 1. The number of ether oxygens (including phenoxy) is 2. The lowest BCUT2D eigenvalue weighted by molar-refractivity contribution is -0.884. The second-order valence-electron chi connectivity index (χ2n) is 3.57. The maximum atomic E-state index is 13.4. The molecule has 1 aromatic heterocycles. The molecule has 1 heterocycles. The molecule has 0 amide bonds. The van der Waals surface area contributed by atoms with Gasteiger partial charge in [0.05, 0.1) is 25.8 Å². The lowest BCUT2D eigenvalue weighted by Gasteiger charge is -2.06. The van der Waals surface area contributed by atoms with E-state index in [4.69, 9.17) is 4.74 Å². The van der Waals surface area contributed by atoms with Crippen molar-refractivity contribution in [2.45, 2.75) is 0 Å². The predicted molar refractivity (Wildman–Crippen MR) is 59.2 cm³/mol. The number of benzene rings is 1. The molecule has 18 heavy (non-hydrogen) atoms. The molecule has 0 saturated carbocycles. The highest BCUT2D eigenvalue weighted by molar-refractivity contribution is 6.05. The number of halogens is 1. The van der Waals surface area contributed by atoms with Crippen molar-refractivity contribution in [2.75, 3.05) is 14.2 Å². The van der Waals surface area contributed by atoms with Gasteiger partial charge in [-0.05, 0) is 6.07 Å². The Bertz CT molecular complexity index is 627. The van der Waals surface area contributed by atoms with Gasteiger partial charge in [0.25, 0.3) is 5.52 Å². The SMILES string of the molecule is COC(=O)c1cc(F)cc2c1c(OC)cc[n+]2O. The van der Waals surface area contributed by atoms with Crippen LogP contribution in [0.4, 0.5) is 4.39 Å². The first kappa shape index (κ1) is 12.1. The van der Waals surface area contributed by atoms with Crippen LogP contribution < -0.4 is 9.47 Å². The number of esters is 1. The molecule has 0 fully saturated rings. The summed E-state index contributed by atoms with van der Waals surface area (Å²) in [7, 11) is 2.61. The van der Waals surface area contributed by atoms with E-state index in [2.05, 4.69) is 4.74 Å². The Balaban J connectivity index is 2.91. The van der Waals surface area contributed by atoms with Crippen LogP contribution in [0.1, 0.15) is 10.4 Å². The minimum absolute atomic E-state index is 0.00671. The highest BCUT2D eigenvalue weighted by Crippen LogP contribution is 2.27. The molecule has 0 spiro atoms. The van der Waals surface area contributed by atoms with E-state index < -0.39 is 11.8 Å². The highest BCUT2D eigenvalue weighted by atomic mass is 19.1. The van der Waals surface area contributed by atoms with E-state index >= 15 is 0 Å². The van der Waals surface area contributed by atoms with Gasteiger partial charge in [-0.15, -0.1) is 0 Å². The van der Waals surface area contributed by atoms with Gasteiger partial charge in [0, 0.05) is 10.8 Å². The molecule has 0 bridgehead atoms. The third kappa shape index (κ3) is 1.81. The van der Waals surface area contributed by atoms with Gasteiger partial charge in [-0.2, -0.15) is 0 Å². The summed E-state index contributed by atoms with van der Waals surface area (Å²) in [5, 5.41) is 9.92. The van der Waals surface area contributed by atoms with Crippen molar-refractivity contribution in [2.24, 2.45) is 0 Å². The fourth-order valence-electron chi connectivity index (χ4n) is 1.78. The molecule has 0 aliphatic rings. The molecule has 5 nitrogen and oxygen atoms in total. The molecule has 1 N–H and O–H groups in total. The zero-order chi connectivity index (χ0) is 13.3.